The van der Waals surface area contributed by atoms with Gasteiger partial charge in [0.25, 0.3) is 5.91 Å². The number of nitrogens with one attached hydrogen (secondary N) is 2. The Bertz CT molecular complexity index is 1540. The third-order valence-corrected chi connectivity index (χ3v) is 10.6. The quantitative estimate of drug-likeness (QED) is 0.170. The van der Waals surface area contributed by atoms with Gasteiger partial charge in [-0.05, 0) is 29.5 Å². The summed E-state index contributed by atoms with van der Waals surface area (Å²) in [7, 11) is 0. The Labute approximate surface area is 276 Å². The van der Waals surface area contributed by atoms with Gasteiger partial charge >= 0.3 is 5.97 Å². The molecule has 46 heavy (non-hydrogen) atoms. The second-order valence-electron chi connectivity index (χ2n) is 11.4. The highest BCUT2D eigenvalue weighted by molar-refractivity contribution is 8.02. The number of rotatable bonds is 12. The lowest BCUT2D eigenvalue weighted by molar-refractivity contribution is -0.155. The van der Waals surface area contributed by atoms with Crippen LogP contribution in [0.15, 0.2) is 89.6 Å². The monoisotopic (exact) mass is 660 g/mol. The molecular formula is C34H36N4O6S2. The molecule has 2 saturated heterocycles. The van der Waals surface area contributed by atoms with Crippen LogP contribution in [0.5, 0.6) is 0 Å². The van der Waals surface area contributed by atoms with Gasteiger partial charge in [-0.1, -0.05) is 66.7 Å². The molecular weight excluding hydrogens is 625 g/mol. The second-order valence-corrected chi connectivity index (χ2v) is 14.0. The van der Waals surface area contributed by atoms with Crippen molar-refractivity contribution in [1.29, 1.82) is 5.41 Å². The minimum absolute atomic E-state index is 0.0395. The van der Waals surface area contributed by atoms with Crippen LogP contribution in [-0.2, 0) is 35.0 Å². The molecule has 0 saturated carbocycles. The number of ether oxygens (including phenoxy) is 3. The highest BCUT2D eigenvalue weighted by atomic mass is 32.2. The van der Waals surface area contributed by atoms with Crippen LogP contribution < -0.4 is 5.32 Å². The number of esters is 1. The fourth-order valence-corrected chi connectivity index (χ4v) is 7.92. The third-order valence-electron chi connectivity index (χ3n) is 8.20. The van der Waals surface area contributed by atoms with Crippen molar-refractivity contribution in [3.8, 4) is 0 Å². The van der Waals surface area contributed by atoms with Gasteiger partial charge in [-0.15, -0.1) is 23.1 Å². The Morgan fingerprint density at radius 3 is 2.35 bits per heavy atom. The second kappa shape index (κ2) is 14.2. The predicted molar refractivity (Wildman–Crippen MR) is 176 cm³/mol. The molecule has 2 fully saturated rings. The molecule has 3 aromatic rings. The van der Waals surface area contributed by atoms with Gasteiger partial charge in [0.15, 0.2) is 11.8 Å². The number of fused-ring (bicyclic) bond motifs is 1. The van der Waals surface area contributed by atoms with E-state index in [2.05, 4.69) is 10.2 Å². The van der Waals surface area contributed by atoms with E-state index in [9.17, 15) is 14.4 Å². The molecule has 0 aliphatic carbocycles. The van der Waals surface area contributed by atoms with E-state index in [0.29, 0.717) is 19.8 Å². The fourth-order valence-electron chi connectivity index (χ4n) is 5.75. The Morgan fingerprint density at radius 2 is 1.74 bits per heavy atom. The minimum atomic E-state index is -1.10. The normalized spacial score (nSPS) is 23.0. The van der Waals surface area contributed by atoms with Crippen LogP contribution in [0.2, 0.25) is 0 Å². The van der Waals surface area contributed by atoms with Crippen molar-refractivity contribution in [2.75, 3.05) is 39.5 Å². The van der Waals surface area contributed by atoms with Gasteiger partial charge in [-0.2, -0.15) is 0 Å². The lowest BCUT2D eigenvalue weighted by Crippen LogP contribution is -2.72. The zero-order valence-corrected chi connectivity index (χ0v) is 27.1. The van der Waals surface area contributed by atoms with Crippen molar-refractivity contribution in [2.24, 2.45) is 0 Å². The maximum atomic E-state index is 14.4. The fraction of sp³-hybridized carbons (Fsp3) is 0.353. The molecule has 6 rings (SSSR count). The van der Waals surface area contributed by atoms with Gasteiger partial charge in [-0.3, -0.25) is 19.4 Å². The Morgan fingerprint density at radius 1 is 1.07 bits per heavy atom. The summed E-state index contributed by atoms with van der Waals surface area (Å²) in [5, 5.41) is 12.6. The van der Waals surface area contributed by atoms with E-state index in [-0.39, 0.29) is 30.4 Å². The van der Waals surface area contributed by atoms with E-state index in [4.69, 9.17) is 19.6 Å². The molecule has 3 aliphatic rings. The predicted octanol–water partition coefficient (Wildman–Crippen LogP) is 3.99. The molecule has 4 heterocycles. The summed E-state index contributed by atoms with van der Waals surface area (Å²) in [6, 6.07) is 21.7. The first-order valence-corrected chi connectivity index (χ1v) is 17.0. The summed E-state index contributed by atoms with van der Waals surface area (Å²) in [5.41, 5.74) is 1.49. The van der Waals surface area contributed by atoms with Crippen LogP contribution in [0, 0.1) is 5.41 Å². The standard InChI is InChI=1S/C34H36N4O6S2/c1-34(22-35)30(43-19-16-37-14-17-42-18-15-37)28(33(41)44-29(23-9-4-2-5-10-23)24-11-6-3-7-12-24)38-31(40)27(32(38)46-34)36-26(39)21-25-13-8-20-45-25/h2-13,20,22,27,29,32,35H,14-19,21H2,1H3,(H,36,39)/t27?,32-,34+/m1/s1. The van der Waals surface area contributed by atoms with Crippen LogP contribution in [-0.4, -0.2) is 89.4 Å². The van der Waals surface area contributed by atoms with E-state index in [1.54, 1.807) is 6.92 Å². The molecule has 1 unspecified atom stereocenters. The molecule has 0 radical (unpaired) electrons. The first-order valence-electron chi connectivity index (χ1n) is 15.2. The van der Waals surface area contributed by atoms with E-state index in [1.165, 1.54) is 34.2 Å². The lowest BCUT2D eigenvalue weighted by atomic mass is 9.99. The van der Waals surface area contributed by atoms with E-state index < -0.39 is 34.1 Å². The maximum absolute atomic E-state index is 14.4. The van der Waals surface area contributed by atoms with E-state index >= 15 is 0 Å². The zero-order chi connectivity index (χ0) is 32.1. The summed E-state index contributed by atoms with van der Waals surface area (Å²) < 4.78 is 16.9. The lowest BCUT2D eigenvalue weighted by Gasteiger charge is -2.53. The molecule has 10 nitrogen and oxygen atoms in total. The summed E-state index contributed by atoms with van der Waals surface area (Å²) in [6.07, 6.45) is 0.622. The number of morpholine rings is 1. The maximum Gasteiger partial charge on any atom is 0.359 e. The van der Waals surface area contributed by atoms with Gasteiger partial charge in [0.2, 0.25) is 5.91 Å². The molecule has 0 spiro atoms. The van der Waals surface area contributed by atoms with Crippen LogP contribution in [0.3, 0.4) is 0 Å². The van der Waals surface area contributed by atoms with Crippen molar-refractivity contribution in [2.45, 2.75) is 35.6 Å². The average Bonchev–Trinajstić information content (AvgIpc) is 3.60. The molecule has 12 heteroatoms. The summed E-state index contributed by atoms with van der Waals surface area (Å²) in [5.74, 6) is -1.26. The first-order chi connectivity index (χ1) is 22.4. The van der Waals surface area contributed by atoms with Crippen molar-refractivity contribution in [3.05, 3.63) is 106 Å². The number of benzene rings is 2. The van der Waals surface area contributed by atoms with Crippen LogP contribution >= 0.6 is 23.1 Å². The highest BCUT2D eigenvalue weighted by Gasteiger charge is 2.60. The van der Waals surface area contributed by atoms with Gasteiger partial charge < -0.3 is 24.9 Å². The first kappa shape index (κ1) is 32.0. The third kappa shape index (κ3) is 6.75. The number of thiophene rings is 1. The molecule has 3 atom stereocenters. The zero-order valence-electron chi connectivity index (χ0n) is 25.4. The highest BCUT2D eigenvalue weighted by Crippen LogP contribution is 2.50. The molecule has 2 aromatic carbocycles. The molecule has 0 bridgehead atoms. The van der Waals surface area contributed by atoms with Crippen molar-refractivity contribution in [3.63, 3.8) is 0 Å². The van der Waals surface area contributed by atoms with Gasteiger partial charge in [0.05, 0.1) is 19.6 Å². The summed E-state index contributed by atoms with van der Waals surface area (Å²) in [4.78, 5) is 45.5. The molecule has 1 aromatic heterocycles. The van der Waals surface area contributed by atoms with E-state index in [1.807, 2.05) is 78.2 Å². The topological polar surface area (TPSA) is 121 Å². The number of carbonyl (C=O) groups is 3. The van der Waals surface area contributed by atoms with Crippen LogP contribution in [0.25, 0.3) is 0 Å². The van der Waals surface area contributed by atoms with Crippen LogP contribution in [0.1, 0.15) is 29.0 Å². The van der Waals surface area contributed by atoms with Gasteiger partial charge in [0.1, 0.15) is 28.5 Å². The van der Waals surface area contributed by atoms with E-state index in [0.717, 1.165) is 29.1 Å². The SMILES string of the molecule is C[C@@]1(C=N)S[C@@H]2C(NC(=O)Cc3cccs3)C(=O)N2C(C(=O)OC(c2ccccc2)c2ccccc2)=C1OCCN1CCOCC1. The van der Waals surface area contributed by atoms with Crippen molar-refractivity contribution >= 4 is 47.1 Å². The largest absolute Gasteiger partial charge is 0.492 e. The van der Waals surface area contributed by atoms with Crippen molar-refractivity contribution in [1.82, 2.24) is 15.1 Å². The summed E-state index contributed by atoms with van der Waals surface area (Å²) in [6.45, 7) is 5.43. The Balaban J connectivity index is 1.32. The Kier molecular flexibility index (Phi) is 9.88. The van der Waals surface area contributed by atoms with Crippen LogP contribution in [0.4, 0.5) is 0 Å². The number of hydrogen-bond acceptors (Lipinski definition) is 10. The number of amides is 2. The number of β-lactam (4-membered cyclic amide) rings is 1. The summed E-state index contributed by atoms with van der Waals surface area (Å²) >= 11 is 2.77. The smallest absolute Gasteiger partial charge is 0.359 e. The minimum Gasteiger partial charge on any atom is -0.492 e. The molecule has 240 valence electrons. The number of thioether (sulfide) groups is 1. The number of nitrogens with zero attached hydrogens (tertiary/aromatic N) is 2. The Hall–Kier alpha value is -3.97. The molecule has 3 aliphatic heterocycles. The van der Waals surface area contributed by atoms with Crippen molar-refractivity contribution < 1.29 is 28.6 Å². The molecule has 2 amide bonds. The molecule has 2 N–H and O–H groups in total. The van der Waals surface area contributed by atoms with Gasteiger partial charge in [0, 0.05) is 30.7 Å². The average molecular weight is 661 g/mol. The van der Waals surface area contributed by atoms with Gasteiger partial charge in [-0.25, -0.2) is 4.79 Å². The number of hydrogen-bond donors (Lipinski definition) is 2. The number of carbonyl (C=O) groups excluding carboxylic acids is 3.